The molecule has 1 heteroatoms. The molecule has 2 bridgehead atoms. The summed E-state index contributed by atoms with van der Waals surface area (Å²) in [5, 5.41) is 0. The molecule has 0 radical (unpaired) electrons. The Bertz CT molecular complexity index is 3430. The van der Waals surface area contributed by atoms with Crippen molar-refractivity contribution >= 4 is 0 Å². The second-order valence-electron chi connectivity index (χ2n) is 45.8. The largest absolute Gasteiger partial charge is 0.385 e. The minimum atomic E-state index is 0.201. The summed E-state index contributed by atoms with van der Waals surface area (Å²) in [6.45, 7) is 71.4. The van der Waals surface area contributed by atoms with Gasteiger partial charge >= 0.3 is 0 Å². The highest BCUT2D eigenvalue weighted by atomic mass is 16.5. The Morgan fingerprint density at radius 1 is 0.346 bits per heavy atom. The first-order chi connectivity index (χ1) is 61.9. The molecule has 0 aliphatic heterocycles. The zero-order valence-electron chi connectivity index (χ0n) is 93.0. The van der Waals surface area contributed by atoms with Crippen molar-refractivity contribution in [2.45, 2.75) is 531 Å². The van der Waals surface area contributed by atoms with Crippen molar-refractivity contribution in [1.82, 2.24) is 0 Å². The van der Waals surface area contributed by atoms with Crippen molar-refractivity contribution in [3.8, 4) is 0 Å². The van der Waals surface area contributed by atoms with E-state index in [9.17, 15) is 0 Å². The van der Waals surface area contributed by atoms with Crippen molar-refractivity contribution in [2.24, 2.45) is 59.2 Å². The predicted octanol–water partition coefficient (Wildman–Crippen LogP) is 42.2. The van der Waals surface area contributed by atoms with Gasteiger partial charge in [0.25, 0.3) is 0 Å². The van der Waals surface area contributed by atoms with E-state index in [0.717, 1.165) is 96.9 Å². The first kappa shape index (κ1) is 123. The van der Waals surface area contributed by atoms with Gasteiger partial charge in [-0.25, -0.2) is 0 Å². The minimum Gasteiger partial charge on any atom is -0.385 e. The Hall–Kier alpha value is -4.72. The van der Waals surface area contributed by atoms with E-state index < -0.39 is 0 Å². The van der Waals surface area contributed by atoms with Crippen molar-refractivity contribution in [1.29, 1.82) is 0 Å². The lowest BCUT2D eigenvalue weighted by molar-refractivity contribution is 0.215. The Morgan fingerprint density at radius 2 is 0.731 bits per heavy atom. The average molecular weight is 1790 g/mol. The number of ether oxygens (including phenoxy) is 1. The first-order valence-electron chi connectivity index (χ1n) is 55.8. The molecular weight excluding hydrogens is 1570 g/mol. The SMILES string of the molecule is CC(C)(C)c1ccccc1.CC(C)C1CCCCC1.CCC1CC2CCC1C2.CCC1CCC(C)CC1.CCC1CCCCC1.CCCC1CCCCC1.CCCC1CCCCC1.CCCCC[C@@H](C)c1ccccc1.CCC[C@@H](C)c1ccccc1.CCOC.CCc1c(C(C)(C)C)cc(C(C)(C)C)cc1C(C)(C)C.CCc1c(C)cc(C)cc1C.CCc1ccccc1. The van der Waals surface area contributed by atoms with Crippen LogP contribution in [0.4, 0.5) is 0 Å². The number of methoxy groups -OCH3 is 1. The minimum absolute atomic E-state index is 0.201. The van der Waals surface area contributed by atoms with E-state index in [-0.39, 0.29) is 16.2 Å². The number of benzene rings is 6. The number of aryl methyl sites for hydroxylation is 4. The third-order valence-electron chi connectivity index (χ3n) is 30.0. The molecule has 0 heterocycles. The zero-order valence-corrected chi connectivity index (χ0v) is 93.0. The van der Waals surface area contributed by atoms with Crippen LogP contribution in [0.25, 0.3) is 0 Å². The van der Waals surface area contributed by atoms with E-state index in [4.69, 9.17) is 0 Å². The number of fused-ring (bicyclic) bond motifs is 2. The molecular formula is C129H222O. The molecule has 7 saturated carbocycles. The molecule has 7 aliphatic rings. The standard InChI is InChI=1S/C20H34.C13H20.2C11H16.C10H14.C9H16.4C9H18.C8H16.C8H10.C3H8O/c1-11-15-16(19(5,6)7)12-14(18(2,3)4)13-17(15)20(8,9)10;1-3-4-6-9-12(2)13-10-7-5-8-11-13;1-5-11-9(3)6-8(2)7-10(11)4;1-3-7-10(2)11-8-5-4-6-9-11;1-10(2,3)9-7-5-4-6-8-9;1-2-8-5-7-3-4-9(8)6-7;1-8(2)9-6-4-3-5-7-9;1-3-9-6-4-8(2)5-7-9;2*1-2-6-9-7-4-3-5-8-9;2*1-2-8-6-4-3-5-7-8;1-3-4-2/h12-13H,11H2,1-10H3;5,7-8,10-12H,3-4,6,9H2,1-2H3;6-7H,5H2,1-4H3;4-6,8-10H,3,7H2,1-2H3;4-8H,1-3H3;7-9H,2-6H2,1H3;2*8-9H,3-7H2,1-2H3;2*9H,2-8H2,1H3;8H,2-7H2,1H3;3-7H,2H2,1H3;3H2,1-2H3/t;12-;;10-;;;;;;;;;/m.1.1........./s1. The Labute approximate surface area is 815 Å². The van der Waals surface area contributed by atoms with Gasteiger partial charge in [-0.15, -0.1) is 0 Å². The number of hydrogen-bond acceptors (Lipinski definition) is 1. The Balaban J connectivity index is 0.000000713. The fourth-order valence-electron chi connectivity index (χ4n) is 21.1. The van der Waals surface area contributed by atoms with Gasteiger partial charge in [0.15, 0.2) is 0 Å². The van der Waals surface area contributed by atoms with Crippen molar-refractivity contribution in [3.63, 3.8) is 0 Å². The van der Waals surface area contributed by atoms with Gasteiger partial charge in [-0.05, 0) is 233 Å². The van der Waals surface area contributed by atoms with Gasteiger partial charge in [-0.2, -0.15) is 0 Å². The molecule has 5 atom stereocenters. The topological polar surface area (TPSA) is 9.23 Å². The molecule has 7 fully saturated rings. The van der Waals surface area contributed by atoms with Crippen molar-refractivity contribution in [2.75, 3.05) is 13.7 Å². The van der Waals surface area contributed by atoms with Gasteiger partial charge in [0.1, 0.15) is 0 Å². The van der Waals surface area contributed by atoms with Gasteiger partial charge in [0.2, 0.25) is 0 Å². The summed E-state index contributed by atoms with van der Waals surface area (Å²) in [4.78, 5) is 0. The fraction of sp³-hybridized carbons (Fsp3) is 0.721. The molecule has 7 aliphatic carbocycles. The summed E-state index contributed by atoms with van der Waals surface area (Å²) < 4.78 is 4.54. The van der Waals surface area contributed by atoms with Gasteiger partial charge < -0.3 is 4.74 Å². The van der Waals surface area contributed by atoms with Crippen LogP contribution in [0.15, 0.2) is 146 Å². The third kappa shape index (κ3) is 56.1. The van der Waals surface area contributed by atoms with Gasteiger partial charge in [-0.1, -0.05) is 569 Å². The monoisotopic (exact) mass is 1790 g/mol. The lowest BCUT2D eigenvalue weighted by Gasteiger charge is -2.33. The smallest absolute Gasteiger partial charge is 0.0433 e. The second-order valence-corrected chi connectivity index (χ2v) is 45.8. The molecule has 130 heavy (non-hydrogen) atoms. The van der Waals surface area contributed by atoms with Crippen LogP contribution in [0.1, 0.15) is 536 Å². The first-order valence-corrected chi connectivity index (χ1v) is 55.8. The maximum atomic E-state index is 4.54. The Kier molecular flexibility index (Phi) is 68.9. The number of hydrogen-bond donors (Lipinski definition) is 0. The molecule has 0 aromatic heterocycles. The summed E-state index contributed by atoms with van der Waals surface area (Å²) in [6.07, 6.45) is 63.7. The summed E-state index contributed by atoms with van der Waals surface area (Å²) in [6, 6.07) is 52.0. The van der Waals surface area contributed by atoms with Gasteiger partial charge in [-0.3, -0.25) is 0 Å². The summed E-state index contributed by atoms with van der Waals surface area (Å²) in [5.41, 5.74) is 18.5. The molecule has 0 amide bonds. The average Bonchev–Trinajstić information content (AvgIpc) is 1.01. The number of rotatable bonds is 20. The van der Waals surface area contributed by atoms with E-state index in [1.165, 1.54) is 299 Å². The van der Waals surface area contributed by atoms with Crippen LogP contribution in [0.5, 0.6) is 0 Å². The van der Waals surface area contributed by atoms with Crippen LogP contribution in [-0.4, -0.2) is 13.7 Å². The molecule has 6 aromatic rings. The molecule has 3 unspecified atom stereocenters. The van der Waals surface area contributed by atoms with Gasteiger partial charge in [0, 0.05) is 13.7 Å². The summed E-state index contributed by atoms with van der Waals surface area (Å²) in [5.74, 6) is 12.3. The van der Waals surface area contributed by atoms with E-state index >= 15 is 0 Å². The number of unbranched alkanes of at least 4 members (excludes halogenated alkanes) is 2. The highest BCUT2D eigenvalue weighted by Crippen LogP contribution is 2.49. The van der Waals surface area contributed by atoms with E-state index in [1.54, 1.807) is 38.4 Å². The summed E-state index contributed by atoms with van der Waals surface area (Å²) in [7, 11) is 1.68. The Morgan fingerprint density at radius 3 is 1.02 bits per heavy atom. The van der Waals surface area contributed by atoms with Crippen LogP contribution < -0.4 is 0 Å². The fourth-order valence-corrected chi connectivity index (χ4v) is 21.1. The van der Waals surface area contributed by atoms with Crippen LogP contribution in [0.2, 0.25) is 0 Å². The lowest BCUT2D eigenvalue weighted by Crippen LogP contribution is -2.24. The maximum Gasteiger partial charge on any atom is 0.0433 e. The van der Waals surface area contributed by atoms with Crippen LogP contribution in [-0.2, 0) is 45.7 Å². The zero-order chi connectivity index (χ0) is 97.4. The molecule has 744 valence electrons. The molecule has 1 nitrogen and oxygen atoms in total. The molecule has 0 spiro atoms. The summed E-state index contributed by atoms with van der Waals surface area (Å²) >= 11 is 0. The van der Waals surface area contributed by atoms with E-state index in [2.05, 4.69) is 352 Å². The second kappa shape index (κ2) is 72.6. The highest BCUT2D eigenvalue weighted by Gasteiger charge is 2.38. The van der Waals surface area contributed by atoms with Crippen LogP contribution in [0, 0.1) is 80.0 Å². The third-order valence-corrected chi connectivity index (χ3v) is 30.0. The molecule has 0 N–H and O–H groups in total. The van der Waals surface area contributed by atoms with Crippen LogP contribution in [0.3, 0.4) is 0 Å². The lowest BCUT2D eigenvalue weighted by atomic mass is 9.72. The quantitative estimate of drug-likeness (QED) is 0.0692. The molecule has 6 aromatic carbocycles. The van der Waals surface area contributed by atoms with Crippen molar-refractivity contribution in [3.05, 3.63) is 212 Å². The highest BCUT2D eigenvalue weighted by molar-refractivity contribution is 5.48. The molecule has 0 saturated heterocycles. The van der Waals surface area contributed by atoms with Gasteiger partial charge in [0.05, 0.1) is 0 Å². The van der Waals surface area contributed by atoms with E-state index in [0.29, 0.717) is 5.41 Å². The normalized spacial score (nSPS) is 19.0. The predicted molar refractivity (Wildman–Crippen MR) is 591 cm³/mol. The van der Waals surface area contributed by atoms with Crippen LogP contribution >= 0.6 is 0 Å². The maximum absolute atomic E-state index is 4.54. The van der Waals surface area contributed by atoms with Crippen molar-refractivity contribution < 1.29 is 4.74 Å². The molecule has 13 rings (SSSR count). The van der Waals surface area contributed by atoms with E-state index in [1.807, 2.05) is 13.0 Å².